The van der Waals surface area contributed by atoms with Gasteiger partial charge in [0.05, 0.1) is 5.54 Å². The average Bonchev–Trinajstić information content (AvgIpc) is 2.95. The summed E-state index contributed by atoms with van der Waals surface area (Å²) in [5, 5.41) is 0. The maximum Gasteiger partial charge on any atom is 0.235 e. The molecule has 1 fully saturated rings. The number of aliphatic imine (C=N–C) groups is 1. The molecule has 0 aromatic heterocycles. The Labute approximate surface area is 139 Å². The van der Waals surface area contributed by atoms with E-state index in [4.69, 9.17) is 9.47 Å². The molecule has 0 spiro atoms. The predicted molar refractivity (Wildman–Crippen MR) is 87.5 cm³/mol. The minimum absolute atomic E-state index is 0.252. The van der Waals surface area contributed by atoms with Gasteiger partial charge in [-0.25, -0.2) is 4.79 Å². The second-order valence-electron chi connectivity index (χ2n) is 6.27. The van der Waals surface area contributed by atoms with E-state index in [1.54, 1.807) is 6.08 Å². The molecule has 2 aliphatic rings. The van der Waals surface area contributed by atoms with Gasteiger partial charge in [-0.3, -0.25) is 0 Å². The van der Waals surface area contributed by atoms with Gasteiger partial charge in [-0.1, -0.05) is 42.6 Å². The monoisotopic (exact) mass is 365 g/mol. The van der Waals surface area contributed by atoms with Gasteiger partial charge in [-0.15, -0.1) is 0 Å². The Hall–Kier alpha value is -1.32. The summed E-state index contributed by atoms with van der Waals surface area (Å²) in [5.74, 6) is 1.84. The van der Waals surface area contributed by atoms with Crippen LogP contribution in [-0.2, 0) is 10.3 Å². The van der Waals surface area contributed by atoms with Crippen LogP contribution >= 0.6 is 15.9 Å². The third kappa shape index (κ3) is 2.46. The van der Waals surface area contributed by atoms with Gasteiger partial charge in [-0.05, 0) is 24.8 Å². The highest BCUT2D eigenvalue weighted by Gasteiger charge is 2.41. The number of hydrogen-bond donors (Lipinski definition) is 0. The van der Waals surface area contributed by atoms with Crippen LogP contribution < -0.4 is 9.47 Å². The first-order valence-electron chi connectivity index (χ1n) is 7.80. The van der Waals surface area contributed by atoms with E-state index >= 15 is 0 Å². The molecule has 0 unspecified atom stereocenters. The van der Waals surface area contributed by atoms with E-state index in [-0.39, 0.29) is 5.92 Å². The van der Waals surface area contributed by atoms with Crippen LogP contribution in [-0.4, -0.2) is 19.3 Å². The molecule has 1 aromatic carbocycles. The van der Waals surface area contributed by atoms with Crippen LogP contribution in [0.3, 0.4) is 0 Å². The van der Waals surface area contributed by atoms with Crippen LogP contribution in [0.15, 0.2) is 15.5 Å². The average molecular weight is 366 g/mol. The number of isocyanates is 1. The Morgan fingerprint density at radius 2 is 1.95 bits per heavy atom. The van der Waals surface area contributed by atoms with Crippen molar-refractivity contribution in [3.05, 3.63) is 21.7 Å². The molecule has 4 nitrogen and oxygen atoms in total. The lowest BCUT2D eigenvalue weighted by atomic mass is 9.81. The zero-order valence-electron chi connectivity index (χ0n) is 12.9. The molecule has 1 heterocycles. The molecule has 0 bridgehead atoms. The standard InChI is InChI=1S/C17H20BrNO3/c1-11(2)14-15(17(19-10-20)5-3-4-6-17)12(18)9-13-16(14)22-8-7-21-13/h9,11H,3-8H2,1-2H3. The van der Waals surface area contributed by atoms with Crippen molar-refractivity contribution in [2.24, 2.45) is 4.99 Å². The Balaban J connectivity index is 2.28. The molecule has 0 N–H and O–H groups in total. The van der Waals surface area contributed by atoms with Gasteiger partial charge in [-0.2, -0.15) is 4.99 Å². The van der Waals surface area contributed by atoms with Crippen LogP contribution in [0.4, 0.5) is 0 Å². The van der Waals surface area contributed by atoms with Gasteiger partial charge in [0.15, 0.2) is 11.5 Å². The normalized spacial score (nSPS) is 19.1. The Bertz CT molecular complexity index is 629. The van der Waals surface area contributed by atoms with E-state index < -0.39 is 5.54 Å². The lowest BCUT2D eigenvalue weighted by Crippen LogP contribution is -2.25. The maximum atomic E-state index is 11.1. The number of hydrogen-bond acceptors (Lipinski definition) is 4. The van der Waals surface area contributed by atoms with Crippen molar-refractivity contribution in [3.8, 4) is 11.5 Å². The first kappa shape index (κ1) is 15.6. The smallest absolute Gasteiger partial charge is 0.235 e. The molecule has 1 aromatic rings. The van der Waals surface area contributed by atoms with Crippen molar-refractivity contribution in [1.29, 1.82) is 0 Å². The molecular formula is C17H20BrNO3. The van der Waals surface area contributed by atoms with Crippen LogP contribution in [0.1, 0.15) is 56.6 Å². The highest BCUT2D eigenvalue weighted by Crippen LogP contribution is 2.52. The molecule has 1 aliphatic heterocycles. The van der Waals surface area contributed by atoms with Crippen molar-refractivity contribution >= 4 is 22.0 Å². The molecule has 1 aliphatic carbocycles. The predicted octanol–water partition coefficient (Wildman–Crippen LogP) is 4.45. The minimum atomic E-state index is -0.476. The Kier molecular flexibility index (Phi) is 4.28. The maximum absolute atomic E-state index is 11.1. The summed E-state index contributed by atoms with van der Waals surface area (Å²) in [6.07, 6.45) is 5.70. The van der Waals surface area contributed by atoms with Crippen molar-refractivity contribution in [2.75, 3.05) is 13.2 Å². The van der Waals surface area contributed by atoms with Crippen LogP contribution in [0.25, 0.3) is 0 Å². The number of carbonyl (C=O) groups excluding carboxylic acids is 1. The van der Waals surface area contributed by atoms with Gasteiger partial charge >= 0.3 is 0 Å². The fourth-order valence-electron chi connectivity index (χ4n) is 3.67. The zero-order valence-corrected chi connectivity index (χ0v) is 14.5. The molecule has 118 valence electrons. The number of benzene rings is 1. The number of nitrogens with zero attached hydrogens (tertiary/aromatic N) is 1. The molecule has 0 saturated heterocycles. The van der Waals surface area contributed by atoms with Gasteiger partial charge in [0.2, 0.25) is 6.08 Å². The van der Waals surface area contributed by atoms with E-state index in [2.05, 4.69) is 34.8 Å². The van der Waals surface area contributed by atoms with Gasteiger partial charge in [0.1, 0.15) is 13.2 Å². The third-order valence-corrected chi connectivity index (χ3v) is 5.18. The first-order valence-corrected chi connectivity index (χ1v) is 8.60. The summed E-state index contributed by atoms with van der Waals surface area (Å²) in [6, 6.07) is 1.95. The molecule has 0 radical (unpaired) electrons. The summed E-state index contributed by atoms with van der Waals surface area (Å²) in [6.45, 7) is 5.39. The second-order valence-corrected chi connectivity index (χ2v) is 7.12. The molecule has 0 atom stereocenters. The van der Waals surface area contributed by atoms with Crippen molar-refractivity contribution in [2.45, 2.75) is 51.0 Å². The van der Waals surface area contributed by atoms with E-state index in [0.29, 0.717) is 13.2 Å². The van der Waals surface area contributed by atoms with Crippen molar-refractivity contribution < 1.29 is 14.3 Å². The molecular weight excluding hydrogens is 346 g/mol. The minimum Gasteiger partial charge on any atom is -0.486 e. The summed E-state index contributed by atoms with van der Waals surface area (Å²) in [4.78, 5) is 15.3. The topological polar surface area (TPSA) is 47.9 Å². The summed E-state index contributed by atoms with van der Waals surface area (Å²) >= 11 is 3.68. The fraction of sp³-hybridized carbons (Fsp3) is 0.588. The molecule has 0 amide bonds. The van der Waals surface area contributed by atoms with Crippen molar-refractivity contribution in [1.82, 2.24) is 0 Å². The highest BCUT2D eigenvalue weighted by atomic mass is 79.9. The van der Waals surface area contributed by atoms with Gasteiger partial charge in [0, 0.05) is 15.6 Å². The molecule has 22 heavy (non-hydrogen) atoms. The molecule has 1 saturated carbocycles. The van der Waals surface area contributed by atoms with E-state index in [1.165, 1.54) is 0 Å². The quantitative estimate of drug-likeness (QED) is 0.587. The SMILES string of the molecule is CC(C)c1c2c(cc(Br)c1C1(N=C=O)CCCC1)OCCO2. The fourth-order valence-corrected chi connectivity index (χ4v) is 4.46. The Morgan fingerprint density at radius 3 is 2.59 bits per heavy atom. The van der Waals surface area contributed by atoms with Gasteiger partial charge in [0.25, 0.3) is 0 Å². The third-order valence-electron chi connectivity index (χ3n) is 4.55. The molecule has 3 rings (SSSR count). The summed E-state index contributed by atoms with van der Waals surface area (Å²) in [7, 11) is 0. The van der Waals surface area contributed by atoms with E-state index in [1.807, 2.05) is 6.07 Å². The van der Waals surface area contributed by atoms with E-state index in [0.717, 1.165) is 52.8 Å². The first-order chi connectivity index (χ1) is 10.6. The lowest BCUT2D eigenvalue weighted by Gasteiger charge is -2.32. The van der Waals surface area contributed by atoms with Crippen molar-refractivity contribution in [3.63, 3.8) is 0 Å². The largest absolute Gasteiger partial charge is 0.486 e. The van der Waals surface area contributed by atoms with Crippen LogP contribution in [0.5, 0.6) is 11.5 Å². The number of rotatable bonds is 3. The van der Waals surface area contributed by atoms with Gasteiger partial charge < -0.3 is 9.47 Å². The molecule has 5 heteroatoms. The summed E-state index contributed by atoms with van der Waals surface area (Å²) in [5.41, 5.74) is 1.70. The number of fused-ring (bicyclic) bond motifs is 1. The lowest BCUT2D eigenvalue weighted by molar-refractivity contribution is 0.168. The number of ether oxygens (including phenoxy) is 2. The highest BCUT2D eigenvalue weighted by molar-refractivity contribution is 9.10. The van der Waals surface area contributed by atoms with Crippen LogP contribution in [0.2, 0.25) is 0 Å². The van der Waals surface area contributed by atoms with E-state index in [9.17, 15) is 4.79 Å². The van der Waals surface area contributed by atoms with Crippen LogP contribution in [0, 0.1) is 0 Å². The Morgan fingerprint density at radius 1 is 1.27 bits per heavy atom. The zero-order chi connectivity index (χ0) is 15.7. The summed E-state index contributed by atoms with van der Waals surface area (Å²) < 4.78 is 12.6. The second kappa shape index (κ2) is 6.05. The number of halogens is 1.